The van der Waals surface area contributed by atoms with E-state index in [0.29, 0.717) is 30.9 Å². The van der Waals surface area contributed by atoms with E-state index in [1.807, 2.05) is 11.6 Å². The van der Waals surface area contributed by atoms with Gasteiger partial charge in [-0.1, -0.05) is 0 Å². The third-order valence-electron chi connectivity index (χ3n) is 5.60. The van der Waals surface area contributed by atoms with E-state index < -0.39 is 22.1 Å². The Kier molecular flexibility index (Phi) is 7.00. The highest BCUT2D eigenvalue weighted by molar-refractivity contribution is 7.89. The molecule has 0 saturated carbocycles. The molecule has 170 valence electrons. The molecule has 0 bridgehead atoms. The van der Waals surface area contributed by atoms with Crippen LogP contribution in [-0.4, -0.2) is 72.3 Å². The second-order valence-electron chi connectivity index (χ2n) is 8.04. The van der Waals surface area contributed by atoms with Crippen LogP contribution in [-0.2, 0) is 37.8 Å². The molecule has 1 fully saturated rings. The van der Waals surface area contributed by atoms with E-state index in [1.165, 1.54) is 20.2 Å². The molecule has 0 radical (unpaired) electrons. The van der Waals surface area contributed by atoms with Crippen LogP contribution < -0.4 is 0 Å². The smallest absolute Gasteiger partial charge is 0.307 e. The lowest BCUT2D eigenvalue weighted by Crippen LogP contribution is -2.42. The second kappa shape index (κ2) is 9.35. The number of imidazole rings is 1. The quantitative estimate of drug-likeness (QED) is 0.595. The Morgan fingerprint density at radius 1 is 1.19 bits per heavy atom. The van der Waals surface area contributed by atoms with Crippen LogP contribution in [0.5, 0.6) is 0 Å². The summed E-state index contributed by atoms with van der Waals surface area (Å²) in [6.07, 6.45) is 2.69. The SMILES string of the molecule is C[C@H](OC(=O)CCc1nc2cc(S(=O)(=O)N(C)C)ccc2n1C)C(=O)N1CCCCC1. The maximum atomic E-state index is 12.4. The first kappa shape index (κ1) is 23.2. The topological polar surface area (TPSA) is 102 Å². The summed E-state index contributed by atoms with van der Waals surface area (Å²) in [4.78, 5) is 31.1. The van der Waals surface area contributed by atoms with Gasteiger partial charge in [0, 0.05) is 40.7 Å². The van der Waals surface area contributed by atoms with E-state index in [2.05, 4.69) is 4.98 Å². The minimum Gasteiger partial charge on any atom is -0.453 e. The first-order valence-corrected chi connectivity index (χ1v) is 11.9. The summed E-state index contributed by atoms with van der Waals surface area (Å²) in [5.74, 6) is 0.0348. The number of rotatable bonds is 7. The van der Waals surface area contributed by atoms with Gasteiger partial charge in [-0.15, -0.1) is 0 Å². The molecule has 31 heavy (non-hydrogen) atoms. The molecule has 2 aromatic rings. The van der Waals surface area contributed by atoms with Crippen molar-refractivity contribution in [3.05, 3.63) is 24.0 Å². The van der Waals surface area contributed by atoms with E-state index in [4.69, 9.17) is 4.74 Å². The molecule has 9 nitrogen and oxygen atoms in total. The van der Waals surface area contributed by atoms with Gasteiger partial charge in [0.2, 0.25) is 10.0 Å². The zero-order chi connectivity index (χ0) is 22.8. The number of benzene rings is 1. The minimum atomic E-state index is -3.55. The molecule has 0 spiro atoms. The minimum absolute atomic E-state index is 0.0810. The molecule has 3 rings (SSSR count). The van der Waals surface area contributed by atoms with Crippen molar-refractivity contribution >= 4 is 32.9 Å². The van der Waals surface area contributed by atoms with Gasteiger partial charge in [0.25, 0.3) is 5.91 Å². The molecule has 0 aliphatic carbocycles. The van der Waals surface area contributed by atoms with Crippen molar-refractivity contribution in [1.29, 1.82) is 0 Å². The van der Waals surface area contributed by atoms with Gasteiger partial charge in [-0.25, -0.2) is 17.7 Å². The van der Waals surface area contributed by atoms with Crippen molar-refractivity contribution < 1.29 is 22.7 Å². The highest BCUT2D eigenvalue weighted by Gasteiger charge is 2.25. The van der Waals surface area contributed by atoms with Crippen LogP contribution in [0.1, 0.15) is 38.4 Å². The Hall–Kier alpha value is -2.46. The van der Waals surface area contributed by atoms with Gasteiger partial charge in [-0.2, -0.15) is 0 Å². The Morgan fingerprint density at radius 3 is 2.52 bits per heavy atom. The van der Waals surface area contributed by atoms with E-state index >= 15 is 0 Å². The van der Waals surface area contributed by atoms with Crippen molar-refractivity contribution in [3.8, 4) is 0 Å². The average molecular weight is 451 g/mol. The average Bonchev–Trinajstić information content (AvgIpc) is 3.07. The molecule has 1 aliphatic rings. The van der Waals surface area contributed by atoms with Gasteiger partial charge in [-0.3, -0.25) is 9.59 Å². The van der Waals surface area contributed by atoms with Gasteiger partial charge in [0.1, 0.15) is 5.82 Å². The molecule has 1 aromatic carbocycles. The molecule has 1 amide bonds. The standard InChI is InChI=1S/C21H30N4O5S/c1-15(21(27)25-12-6-5-7-13-25)30-20(26)11-10-19-22-17-14-16(31(28,29)23(2)3)8-9-18(17)24(19)4/h8-9,14-15H,5-7,10-13H2,1-4H3/t15-/m0/s1. The van der Waals surface area contributed by atoms with Crippen LogP contribution in [0.15, 0.2) is 23.1 Å². The molecular formula is C21H30N4O5S. The molecule has 0 unspecified atom stereocenters. The Balaban J connectivity index is 1.64. The van der Waals surface area contributed by atoms with E-state index in [9.17, 15) is 18.0 Å². The monoisotopic (exact) mass is 450 g/mol. The second-order valence-corrected chi connectivity index (χ2v) is 10.2. The number of hydrogen-bond acceptors (Lipinski definition) is 6. The highest BCUT2D eigenvalue weighted by atomic mass is 32.2. The molecule has 2 heterocycles. The summed E-state index contributed by atoms with van der Waals surface area (Å²) in [5, 5.41) is 0. The number of ether oxygens (including phenoxy) is 1. The summed E-state index contributed by atoms with van der Waals surface area (Å²) >= 11 is 0. The molecule has 1 saturated heterocycles. The van der Waals surface area contributed by atoms with Gasteiger partial charge in [-0.05, 0) is 44.4 Å². The number of carbonyl (C=O) groups excluding carboxylic acids is 2. The lowest BCUT2D eigenvalue weighted by Gasteiger charge is -2.28. The first-order chi connectivity index (χ1) is 14.6. The Labute approximate surface area is 183 Å². The highest BCUT2D eigenvalue weighted by Crippen LogP contribution is 2.22. The lowest BCUT2D eigenvalue weighted by atomic mass is 10.1. The fourth-order valence-corrected chi connectivity index (χ4v) is 4.64. The zero-order valence-corrected chi connectivity index (χ0v) is 19.3. The van der Waals surface area contributed by atoms with Crippen LogP contribution in [0.3, 0.4) is 0 Å². The number of aryl methyl sites for hydroxylation is 2. The summed E-state index contributed by atoms with van der Waals surface area (Å²) in [7, 11) is 1.22. The molecule has 1 aromatic heterocycles. The molecule has 0 N–H and O–H groups in total. The summed E-state index contributed by atoms with van der Waals surface area (Å²) in [5.41, 5.74) is 1.32. The van der Waals surface area contributed by atoms with Crippen molar-refractivity contribution in [1.82, 2.24) is 18.8 Å². The van der Waals surface area contributed by atoms with Crippen molar-refractivity contribution in [2.45, 2.75) is 50.0 Å². The largest absolute Gasteiger partial charge is 0.453 e. The van der Waals surface area contributed by atoms with Gasteiger partial charge in [0.15, 0.2) is 6.10 Å². The van der Waals surface area contributed by atoms with Crippen molar-refractivity contribution in [2.75, 3.05) is 27.2 Å². The molecular weight excluding hydrogens is 420 g/mol. The number of piperidine rings is 1. The predicted octanol–water partition coefficient (Wildman–Crippen LogP) is 1.70. The Morgan fingerprint density at radius 2 is 1.87 bits per heavy atom. The number of nitrogens with zero attached hydrogens (tertiary/aromatic N) is 4. The van der Waals surface area contributed by atoms with Crippen molar-refractivity contribution in [2.24, 2.45) is 7.05 Å². The number of amides is 1. The number of sulfonamides is 1. The van der Waals surface area contributed by atoms with Crippen LogP contribution in [0.4, 0.5) is 0 Å². The normalized spacial score (nSPS) is 16.0. The summed E-state index contributed by atoms with van der Waals surface area (Å²) in [6.45, 7) is 3.04. The van der Waals surface area contributed by atoms with Gasteiger partial charge < -0.3 is 14.2 Å². The number of fused-ring (bicyclic) bond motifs is 1. The van der Waals surface area contributed by atoms with Crippen molar-refractivity contribution in [3.63, 3.8) is 0 Å². The molecule has 1 atom stereocenters. The van der Waals surface area contributed by atoms with E-state index in [-0.39, 0.29) is 17.2 Å². The maximum Gasteiger partial charge on any atom is 0.307 e. The third kappa shape index (κ3) is 5.07. The van der Waals surface area contributed by atoms with E-state index in [1.54, 1.807) is 24.0 Å². The van der Waals surface area contributed by atoms with E-state index in [0.717, 1.165) is 29.1 Å². The van der Waals surface area contributed by atoms with Crippen LogP contribution >= 0.6 is 0 Å². The number of carbonyl (C=O) groups is 2. The summed E-state index contributed by atoms with van der Waals surface area (Å²) in [6, 6.07) is 4.79. The number of likely N-dealkylation sites (tertiary alicyclic amines) is 1. The first-order valence-electron chi connectivity index (χ1n) is 10.5. The number of hydrogen-bond donors (Lipinski definition) is 0. The molecule has 10 heteroatoms. The Bertz CT molecular complexity index is 1070. The maximum absolute atomic E-state index is 12.4. The zero-order valence-electron chi connectivity index (χ0n) is 18.5. The fraction of sp³-hybridized carbons (Fsp3) is 0.571. The van der Waals surface area contributed by atoms with Crippen LogP contribution in [0, 0.1) is 0 Å². The number of esters is 1. The summed E-state index contributed by atoms with van der Waals surface area (Å²) < 4.78 is 33.0. The van der Waals surface area contributed by atoms with Crippen LogP contribution in [0.2, 0.25) is 0 Å². The van der Waals surface area contributed by atoms with Crippen LogP contribution in [0.25, 0.3) is 11.0 Å². The predicted molar refractivity (Wildman–Crippen MR) is 116 cm³/mol. The number of aromatic nitrogens is 2. The lowest BCUT2D eigenvalue weighted by molar-refractivity contribution is -0.159. The van der Waals surface area contributed by atoms with Gasteiger partial charge in [0.05, 0.1) is 22.3 Å². The fourth-order valence-electron chi connectivity index (χ4n) is 3.72. The third-order valence-corrected chi connectivity index (χ3v) is 7.41. The molecule has 1 aliphatic heterocycles. The van der Waals surface area contributed by atoms with Gasteiger partial charge >= 0.3 is 5.97 Å².